The van der Waals surface area contributed by atoms with E-state index >= 15 is 0 Å². The molecule has 0 amide bonds. The Morgan fingerprint density at radius 3 is 1.29 bits per heavy atom. The van der Waals surface area contributed by atoms with Crippen LogP contribution < -0.4 is 9.47 Å². The van der Waals surface area contributed by atoms with Gasteiger partial charge in [0.15, 0.2) is 0 Å². The zero-order valence-electron chi connectivity index (χ0n) is 19.7. The van der Waals surface area contributed by atoms with Crippen molar-refractivity contribution < 1.29 is 28.4 Å². The molecule has 0 aliphatic heterocycles. The fraction of sp³-hybridized carbons (Fsp3) is 0.462. The first kappa shape index (κ1) is 27.2. The van der Waals surface area contributed by atoms with Crippen molar-refractivity contribution in [3.63, 3.8) is 0 Å². The quantitative estimate of drug-likeness (QED) is 0.141. The van der Waals surface area contributed by atoms with Gasteiger partial charge < -0.3 is 28.4 Å². The summed E-state index contributed by atoms with van der Waals surface area (Å²) in [6.07, 6.45) is 0. The highest BCUT2D eigenvalue weighted by Crippen LogP contribution is 2.41. The minimum Gasteiger partial charge on any atom is -0.491 e. The topological polar surface area (TPSA) is 55.4 Å². The van der Waals surface area contributed by atoms with Crippen molar-refractivity contribution in [1.29, 1.82) is 0 Å². The van der Waals surface area contributed by atoms with Gasteiger partial charge in [-0.3, -0.25) is 0 Å². The van der Waals surface area contributed by atoms with Crippen LogP contribution in [0, 0.1) is 0 Å². The Labute approximate surface area is 218 Å². The van der Waals surface area contributed by atoms with Crippen LogP contribution in [-0.4, -0.2) is 66.1 Å². The predicted molar refractivity (Wildman–Crippen MR) is 142 cm³/mol. The SMILES string of the molecule is CCOCCOCCOc1ccc2c(Br)c3cc(OCCOCCOCC)ccc3c(Br)c2c1. The molecule has 0 heterocycles. The number of fused-ring (bicyclic) bond motifs is 2. The van der Waals surface area contributed by atoms with E-state index in [-0.39, 0.29) is 0 Å². The first-order valence-corrected chi connectivity index (χ1v) is 13.1. The van der Waals surface area contributed by atoms with Crippen LogP contribution in [0.25, 0.3) is 21.5 Å². The first-order chi connectivity index (χ1) is 16.7. The van der Waals surface area contributed by atoms with Gasteiger partial charge in [-0.2, -0.15) is 0 Å². The number of rotatable bonds is 16. The maximum atomic E-state index is 5.89. The summed E-state index contributed by atoms with van der Waals surface area (Å²) in [5.41, 5.74) is 0. The molecule has 0 aliphatic carbocycles. The summed E-state index contributed by atoms with van der Waals surface area (Å²) < 4.78 is 35.4. The van der Waals surface area contributed by atoms with Gasteiger partial charge in [0.25, 0.3) is 0 Å². The molecule has 0 bridgehead atoms. The van der Waals surface area contributed by atoms with E-state index in [1.54, 1.807) is 0 Å². The number of ether oxygens (including phenoxy) is 6. The molecule has 0 atom stereocenters. The van der Waals surface area contributed by atoms with Crippen LogP contribution in [0.3, 0.4) is 0 Å². The third kappa shape index (κ3) is 7.80. The number of halogens is 2. The molecule has 0 saturated carbocycles. The molecular formula is C26H32Br2O6. The van der Waals surface area contributed by atoms with E-state index in [2.05, 4.69) is 44.0 Å². The molecule has 0 aromatic heterocycles. The summed E-state index contributed by atoms with van der Waals surface area (Å²) in [4.78, 5) is 0. The van der Waals surface area contributed by atoms with Crippen LogP contribution in [-0.2, 0) is 18.9 Å². The Hall–Kier alpha value is -1.42. The van der Waals surface area contributed by atoms with E-state index in [4.69, 9.17) is 28.4 Å². The van der Waals surface area contributed by atoms with E-state index in [0.29, 0.717) is 66.1 Å². The normalized spacial score (nSPS) is 11.4. The molecule has 0 aliphatic rings. The van der Waals surface area contributed by atoms with Gasteiger partial charge in [0, 0.05) is 32.9 Å². The van der Waals surface area contributed by atoms with Crippen molar-refractivity contribution in [2.75, 3.05) is 66.1 Å². The molecule has 8 heteroatoms. The summed E-state index contributed by atoms with van der Waals surface area (Å²) in [6.45, 7) is 9.73. The maximum absolute atomic E-state index is 5.89. The molecule has 0 radical (unpaired) electrons. The van der Waals surface area contributed by atoms with Crippen molar-refractivity contribution in [2.45, 2.75) is 13.8 Å². The standard InChI is InChI=1S/C26H32Br2O6/c1-3-29-9-11-31-13-15-33-19-5-7-21-23(17-19)25(27)22-8-6-20(18-24(22)26(21)28)34-16-14-32-12-10-30-4-2/h5-8,17-18H,3-4,9-16H2,1-2H3. The van der Waals surface area contributed by atoms with E-state index < -0.39 is 0 Å². The molecule has 3 rings (SSSR count). The molecular weight excluding hydrogens is 568 g/mol. The van der Waals surface area contributed by atoms with Gasteiger partial charge >= 0.3 is 0 Å². The summed E-state index contributed by atoms with van der Waals surface area (Å²) in [5, 5.41) is 4.34. The Morgan fingerprint density at radius 1 is 0.500 bits per heavy atom. The van der Waals surface area contributed by atoms with E-state index in [1.165, 1.54) is 0 Å². The van der Waals surface area contributed by atoms with Crippen molar-refractivity contribution in [2.24, 2.45) is 0 Å². The summed E-state index contributed by atoms with van der Waals surface area (Å²) in [7, 11) is 0. The van der Waals surface area contributed by atoms with Crippen molar-refractivity contribution in [1.82, 2.24) is 0 Å². The fourth-order valence-corrected chi connectivity index (χ4v) is 4.78. The lowest BCUT2D eigenvalue weighted by atomic mass is 10.0. The second-order valence-corrected chi connectivity index (χ2v) is 8.94. The number of hydrogen-bond acceptors (Lipinski definition) is 6. The van der Waals surface area contributed by atoms with Gasteiger partial charge in [0.2, 0.25) is 0 Å². The molecule has 0 saturated heterocycles. The molecule has 186 valence electrons. The first-order valence-electron chi connectivity index (χ1n) is 11.6. The maximum Gasteiger partial charge on any atom is 0.120 e. The Morgan fingerprint density at radius 2 is 0.882 bits per heavy atom. The second kappa shape index (κ2) is 14.9. The molecule has 0 fully saturated rings. The van der Waals surface area contributed by atoms with Gasteiger partial charge in [0.05, 0.1) is 39.6 Å². The zero-order valence-corrected chi connectivity index (χ0v) is 22.9. The molecule has 3 aromatic rings. The highest BCUT2D eigenvalue weighted by Gasteiger charge is 2.13. The minimum absolute atomic E-state index is 0.486. The highest BCUT2D eigenvalue weighted by molar-refractivity contribution is 9.11. The average molecular weight is 600 g/mol. The smallest absolute Gasteiger partial charge is 0.120 e. The lowest BCUT2D eigenvalue weighted by Crippen LogP contribution is -2.10. The van der Waals surface area contributed by atoms with Crippen molar-refractivity contribution in [3.05, 3.63) is 45.3 Å². The van der Waals surface area contributed by atoms with Crippen LogP contribution >= 0.6 is 31.9 Å². The van der Waals surface area contributed by atoms with Crippen LogP contribution in [0.4, 0.5) is 0 Å². The lowest BCUT2D eigenvalue weighted by Gasteiger charge is -2.14. The lowest BCUT2D eigenvalue weighted by molar-refractivity contribution is 0.0405. The molecule has 34 heavy (non-hydrogen) atoms. The second-order valence-electron chi connectivity index (χ2n) is 7.36. The Bertz CT molecular complexity index is 959. The fourth-order valence-electron chi connectivity index (χ4n) is 3.43. The van der Waals surface area contributed by atoms with Crippen LogP contribution in [0.5, 0.6) is 11.5 Å². The molecule has 3 aromatic carbocycles. The van der Waals surface area contributed by atoms with Gasteiger partial charge in [-0.25, -0.2) is 0 Å². The van der Waals surface area contributed by atoms with Crippen molar-refractivity contribution >= 4 is 53.4 Å². The Kier molecular flexibility index (Phi) is 11.9. The molecule has 0 spiro atoms. The van der Waals surface area contributed by atoms with Gasteiger partial charge in [-0.1, -0.05) is 0 Å². The highest BCUT2D eigenvalue weighted by atomic mass is 79.9. The zero-order chi connectivity index (χ0) is 24.2. The van der Waals surface area contributed by atoms with E-state index in [9.17, 15) is 0 Å². The molecule has 6 nitrogen and oxygen atoms in total. The third-order valence-corrected chi connectivity index (χ3v) is 6.78. The third-order valence-electron chi connectivity index (χ3n) is 5.07. The number of benzene rings is 3. The Balaban J connectivity index is 1.63. The van der Waals surface area contributed by atoms with E-state index in [1.807, 2.05) is 38.1 Å². The minimum atomic E-state index is 0.486. The van der Waals surface area contributed by atoms with Crippen LogP contribution in [0.15, 0.2) is 45.3 Å². The molecule has 0 N–H and O–H groups in total. The number of hydrogen-bond donors (Lipinski definition) is 0. The largest absolute Gasteiger partial charge is 0.491 e. The summed E-state index contributed by atoms with van der Waals surface area (Å²) in [5.74, 6) is 1.61. The predicted octanol–water partition coefficient (Wildman–Crippen LogP) is 6.38. The summed E-state index contributed by atoms with van der Waals surface area (Å²) >= 11 is 7.60. The van der Waals surface area contributed by atoms with Crippen LogP contribution in [0.1, 0.15) is 13.8 Å². The van der Waals surface area contributed by atoms with E-state index in [0.717, 1.165) is 42.0 Å². The monoisotopic (exact) mass is 598 g/mol. The average Bonchev–Trinajstić information content (AvgIpc) is 2.86. The van der Waals surface area contributed by atoms with Gasteiger partial charge in [0.1, 0.15) is 24.7 Å². The summed E-state index contributed by atoms with van der Waals surface area (Å²) in [6, 6.07) is 12.2. The van der Waals surface area contributed by atoms with Crippen molar-refractivity contribution in [3.8, 4) is 11.5 Å². The van der Waals surface area contributed by atoms with Gasteiger partial charge in [-0.15, -0.1) is 0 Å². The van der Waals surface area contributed by atoms with Crippen LogP contribution in [0.2, 0.25) is 0 Å². The molecule has 0 unspecified atom stereocenters. The van der Waals surface area contributed by atoms with Gasteiger partial charge in [-0.05, 0) is 92.9 Å².